The van der Waals surface area contributed by atoms with Crippen LogP contribution in [0.5, 0.6) is 0 Å². The lowest BCUT2D eigenvalue weighted by molar-refractivity contribution is 0.163. The summed E-state index contributed by atoms with van der Waals surface area (Å²) in [5.74, 6) is 1.17. The molecule has 3 atom stereocenters. The van der Waals surface area contributed by atoms with Crippen LogP contribution in [-0.4, -0.2) is 11.2 Å². The molecular formula is C13H20O. The monoisotopic (exact) mass is 192 g/mol. The van der Waals surface area contributed by atoms with E-state index in [0.29, 0.717) is 17.3 Å². The summed E-state index contributed by atoms with van der Waals surface area (Å²) in [6.07, 6.45) is 0.894. The first-order valence-corrected chi connectivity index (χ1v) is 5.41. The molecule has 2 rings (SSSR count). The first kappa shape index (κ1) is 9.97. The van der Waals surface area contributed by atoms with Crippen LogP contribution in [0.15, 0.2) is 23.3 Å². The van der Waals surface area contributed by atoms with Crippen LogP contribution in [0.2, 0.25) is 0 Å². The molecule has 1 saturated carbocycles. The van der Waals surface area contributed by atoms with Crippen molar-refractivity contribution in [3.8, 4) is 0 Å². The molecule has 0 bridgehead atoms. The van der Waals surface area contributed by atoms with E-state index in [0.717, 1.165) is 17.6 Å². The van der Waals surface area contributed by atoms with Gasteiger partial charge in [0.15, 0.2) is 0 Å². The zero-order valence-corrected chi connectivity index (χ0v) is 9.59. The lowest BCUT2D eigenvalue weighted by atomic mass is 9.87. The zero-order valence-electron chi connectivity index (χ0n) is 9.59. The minimum absolute atomic E-state index is 0.226. The Bertz CT molecular complexity index is 322. The fourth-order valence-electron chi connectivity index (χ4n) is 3.14. The van der Waals surface area contributed by atoms with Gasteiger partial charge in [0.05, 0.1) is 6.10 Å². The highest BCUT2D eigenvalue weighted by Crippen LogP contribution is 2.66. The third kappa shape index (κ3) is 1.12. The Kier molecular flexibility index (Phi) is 1.94. The van der Waals surface area contributed by atoms with Gasteiger partial charge in [0, 0.05) is 0 Å². The number of allylic oxidation sites excluding steroid dienone is 2. The van der Waals surface area contributed by atoms with E-state index < -0.39 is 0 Å². The lowest BCUT2D eigenvalue weighted by Crippen LogP contribution is -2.19. The second kappa shape index (κ2) is 2.73. The molecule has 0 aliphatic heterocycles. The number of aliphatic hydroxyl groups is 1. The van der Waals surface area contributed by atoms with Crippen molar-refractivity contribution >= 4 is 0 Å². The summed E-state index contributed by atoms with van der Waals surface area (Å²) >= 11 is 0. The van der Waals surface area contributed by atoms with Gasteiger partial charge in [-0.3, -0.25) is 0 Å². The Hall–Kier alpha value is -0.560. The fraction of sp³-hybridized carbons (Fsp3) is 0.692. The predicted molar refractivity (Wildman–Crippen MR) is 58.9 cm³/mol. The van der Waals surface area contributed by atoms with Crippen LogP contribution in [-0.2, 0) is 0 Å². The second-order valence-corrected chi connectivity index (χ2v) is 5.54. The highest BCUT2D eigenvalue weighted by Gasteiger charge is 2.62. The predicted octanol–water partition coefficient (Wildman–Crippen LogP) is 2.92. The molecule has 0 aromatic carbocycles. The Morgan fingerprint density at radius 2 is 2.07 bits per heavy atom. The summed E-state index contributed by atoms with van der Waals surface area (Å²) in [5.41, 5.74) is 3.93. The van der Waals surface area contributed by atoms with E-state index in [-0.39, 0.29) is 6.10 Å². The Morgan fingerprint density at radius 3 is 2.57 bits per heavy atom. The first-order chi connectivity index (χ1) is 6.37. The van der Waals surface area contributed by atoms with Gasteiger partial charge in [-0.2, -0.15) is 0 Å². The maximum Gasteiger partial charge on any atom is 0.0789 e. The van der Waals surface area contributed by atoms with Crippen LogP contribution < -0.4 is 0 Å². The maximum atomic E-state index is 10.1. The van der Waals surface area contributed by atoms with Gasteiger partial charge in [0.1, 0.15) is 0 Å². The average Bonchev–Trinajstić information content (AvgIpc) is 2.60. The second-order valence-electron chi connectivity index (χ2n) is 5.54. The van der Waals surface area contributed by atoms with Crippen molar-refractivity contribution < 1.29 is 5.11 Å². The molecule has 0 saturated heterocycles. The van der Waals surface area contributed by atoms with Crippen molar-refractivity contribution in [2.75, 3.05) is 0 Å². The summed E-state index contributed by atoms with van der Waals surface area (Å²) in [7, 11) is 0. The standard InChI is InChI=1S/C13H20O/c1-7(2)9-6-10-11(13(10,4)5)12(14)8(9)3/h10-12,14H,1,6H2,2-5H3/t10-,11-,12-/m0/s1. The van der Waals surface area contributed by atoms with Crippen molar-refractivity contribution in [3.05, 3.63) is 23.3 Å². The molecule has 0 radical (unpaired) electrons. The summed E-state index contributed by atoms with van der Waals surface area (Å²) in [6.45, 7) is 12.6. The van der Waals surface area contributed by atoms with E-state index >= 15 is 0 Å². The molecule has 1 fully saturated rings. The van der Waals surface area contributed by atoms with E-state index in [4.69, 9.17) is 0 Å². The molecule has 0 heterocycles. The van der Waals surface area contributed by atoms with Gasteiger partial charge < -0.3 is 5.11 Å². The molecule has 0 aromatic rings. The molecule has 0 aromatic heterocycles. The summed E-state index contributed by atoms with van der Waals surface area (Å²) < 4.78 is 0. The molecule has 0 amide bonds. The molecule has 2 aliphatic carbocycles. The smallest absolute Gasteiger partial charge is 0.0789 e. The zero-order chi connectivity index (χ0) is 10.7. The van der Waals surface area contributed by atoms with Gasteiger partial charge >= 0.3 is 0 Å². The average molecular weight is 192 g/mol. The molecule has 1 heteroatoms. The summed E-state index contributed by atoms with van der Waals surface area (Å²) in [4.78, 5) is 0. The van der Waals surface area contributed by atoms with E-state index in [2.05, 4.69) is 27.4 Å². The molecule has 2 aliphatic rings. The summed E-state index contributed by atoms with van der Waals surface area (Å²) in [5, 5.41) is 10.1. The van der Waals surface area contributed by atoms with Crippen LogP contribution >= 0.6 is 0 Å². The minimum Gasteiger partial charge on any atom is -0.388 e. The molecular weight excluding hydrogens is 172 g/mol. The van der Waals surface area contributed by atoms with Crippen molar-refractivity contribution in [2.45, 2.75) is 40.2 Å². The topological polar surface area (TPSA) is 20.2 Å². The largest absolute Gasteiger partial charge is 0.388 e. The first-order valence-electron chi connectivity index (χ1n) is 5.41. The lowest BCUT2D eigenvalue weighted by Gasteiger charge is -2.22. The van der Waals surface area contributed by atoms with Gasteiger partial charge in [0.2, 0.25) is 0 Å². The maximum absolute atomic E-state index is 10.1. The van der Waals surface area contributed by atoms with Crippen LogP contribution in [0.3, 0.4) is 0 Å². The Labute approximate surface area is 86.5 Å². The minimum atomic E-state index is -0.226. The molecule has 14 heavy (non-hydrogen) atoms. The number of fused-ring (bicyclic) bond motifs is 1. The van der Waals surface area contributed by atoms with Crippen LogP contribution in [0.4, 0.5) is 0 Å². The van der Waals surface area contributed by atoms with Gasteiger partial charge in [0.25, 0.3) is 0 Å². The number of aliphatic hydroxyl groups excluding tert-OH is 1. The SMILES string of the molecule is C=C(C)C1=C(C)[C@H](O)[C@@H]2[C@H](C1)C2(C)C. The third-order valence-corrected chi connectivity index (χ3v) is 4.34. The van der Waals surface area contributed by atoms with Crippen LogP contribution in [0, 0.1) is 17.3 Å². The molecule has 1 nitrogen and oxygen atoms in total. The molecule has 1 N–H and O–H groups in total. The number of hydrogen-bond donors (Lipinski definition) is 1. The van der Waals surface area contributed by atoms with Crippen LogP contribution in [0.25, 0.3) is 0 Å². The van der Waals surface area contributed by atoms with Crippen LogP contribution in [0.1, 0.15) is 34.1 Å². The van der Waals surface area contributed by atoms with Crippen molar-refractivity contribution in [2.24, 2.45) is 17.3 Å². The van der Waals surface area contributed by atoms with Gasteiger partial charge in [-0.15, -0.1) is 0 Å². The molecule has 0 spiro atoms. The van der Waals surface area contributed by atoms with Gasteiger partial charge in [-0.25, -0.2) is 0 Å². The number of hydrogen-bond acceptors (Lipinski definition) is 1. The number of rotatable bonds is 1. The Morgan fingerprint density at radius 1 is 1.50 bits per heavy atom. The Balaban J connectivity index is 2.32. The highest BCUT2D eigenvalue weighted by atomic mass is 16.3. The van der Waals surface area contributed by atoms with E-state index in [9.17, 15) is 5.11 Å². The van der Waals surface area contributed by atoms with E-state index in [1.54, 1.807) is 0 Å². The summed E-state index contributed by atoms with van der Waals surface area (Å²) in [6, 6.07) is 0. The van der Waals surface area contributed by atoms with E-state index in [1.165, 1.54) is 5.57 Å². The van der Waals surface area contributed by atoms with Gasteiger partial charge in [-0.1, -0.05) is 26.0 Å². The van der Waals surface area contributed by atoms with Crippen molar-refractivity contribution in [1.29, 1.82) is 0 Å². The normalized spacial score (nSPS) is 39.4. The quantitative estimate of drug-likeness (QED) is 0.677. The van der Waals surface area contributed by atoms with Gasteiger partial charge in [-0.05, 0) is 48.7 Å². The van der Waals surface area contributed by atoms with Crippen molar-refractivity contribution in [1.82, 2.24) is 0 Å². The molecule has 0 unspecified atom stereocenters. The van der Waals surface area contributed by atoms with E-state index in [1.807, 2.05) is 6.92 Å². The molecule has 78 valence electrons. The fourth-order valence-corrected chi connectivity index (χ4v) is 3.14. The third-order valence-electron chi connectivity index (χ3n) is 4.34. The highest BCUT2D eigenvalue weighted by molar-refractivity contribution is 5.40. The van der Waals surface area contributed by atoms with Crippen molar-refractivity contribution in [3.63, 3.8) is 0 Å².